The fraction of sp³-hybridized carbons (Fsp3) is 0.100. The monoisotopic (exact) mass is 297 g/mol. The molecule has 1 aromatic heterocycles. The van der Waals surface area contributed by atoms with Crippen LogP contribution < -0.4 is 10.5 Å². The Kier molecular flexibility index (Phi) is 3.32. The molecule has 106 valence electrons. The van der Waals surface area contributed by atoms with E-state index < -0.39 is 14.9 Å². The summed E-state index contributed by atoms with van der Waals surface area (Å²) < 4.78 is 27.9. The van der Waals surface area contributed by atoms with E-state index in [1.165, 1.54) is 16.9 Å². The smallest absolute Gasteiger partial charge is 0.271 e. The lowest BCUT2D eigenvalue weighted by Crippen LogP contribution is -2.17. The van der Waals surface area contributed by atoms with Gasteiger partial charge >= 0.3 is 0 Å². The van der Waals surface area contributed by atoms with Crippen LogP contribution in [0.25, 0.3) is 0 Å². The van der Waals surface area contributed by atoms with Gasteiger partial charge in [-0.25, -0.2) is 8.42 Å². The second kappa shape index (κ2) is 4.81. The summed E-state index contributed by atoms with van der Waals surface area (Å²) in [7, 11) is -2.37. The molecule has 0 saturated carbocycles. The van der Waals surface area contributed by atoms with Crippen LogP contribution in [0.4, 0.5) is 17.2 Å². The maximum Gasteiger partial charge on any atom is 0.271 e. The number of hydrogen-bond donors (Lipinski definition) is 2. The van der Waals surface area contributed by atoms with Crippen molar-refractivity contribution in [2.24, 2.45) is 7.05 Å². The van der Waals surface area contributed by atoms with Gasteiger partial charge in [0, 0.05) is 25.2 Å². The molecule has 9 nitrogen and oxygen atoms in total. The van der Waals surface area contributed by atoms with Crippen molar-refractivity contribution in [3.63, 3.8) is 0 Å². The summed E-state index contributed by atoms with van der Waals surface area (Å²) in [6, 6.07) is 4.64. The lowest BCUT2D eigenvalue weighted by molar-refractivity contribution is -0.384. The first-order valence-corrected chi connectivity index (χ1v) is 6.84. The first kappa shape index (κ1) is 13.8. The highest BCUT2D eigenvalue weighted by Crippen LogP contribution is 2.25. The molecular formula is C10H11N5O4S. The Hall–Kier alpha value is -2.62. The topological polar surface area (TPSA) is 133 Å². The molecule has 0 bridgehead atoms. The number of anilines is 2. The highest BCUT2D eigenvalue weighted by atomic mass is 32.2. The summed E-state index contributed by atoms with van der Waals surface area (Å²) >= 11 is 0. The fourth-order valence-electron chi connectivity index (χ4n) is 1.56. The van der Waals surface area contributed by atoms with Crippen molar-refractivity contribution in [2.75, 3.05) is 10.5 Å². The predicted octanol–water partition coefficient (Wildman–Crippen LogP) is 0.711. The SMILES string of the molecule is Cn1nccc1NS(=O)(=O)c1ccc([N+](=O)[O-])cc1N. The molecular weight excluding hydrogens is 286 g/mol. The number of hydrogen-bond acceptors (Lipinski definition) is 6. The number of nitro groups is 1. The van der Waals surface area contributed by atoms with Crippen molar-refractivity contribution in [1.82, 2.24) is 9.78 Å². The van der Waals surface area contributed by atoms with Gasteiger partial charge in [0.15, 0.2) is 0 Å². The van der Waals surface area contributed by atoms with Gasteiger partial charge in [0.1, 0.15) is 10.7 Å². The van der Waals surface area contributed by atoms with Crippen LogP contribution in [-0.4, -0.2) is 23.1 Å². The maximum absolute atomic E-state index is 12.2. The summed E-state index contributed by atoms with van der Waals surface area (Å²) in [6.45, 7) is 0. The number of nitrogens with one attached hydrogen (secondary N) is 1. The molecule has 0 aliphatic carbocycles. The van der Waals surface area contributed by atoms with E-state index in [0.29, 0.717) is 0 Å². The Balaban J connectivity index is 2.40. The van der Waals surface area contributed by atoms with Crippen molar-refractivity contribution >= 4 is 27.2 Å². The van der Waals surface area contributed by atoms with Crippen molar-refractivity contribution in [1.29, 1.82) is 0 Å². The number of nitrogens with zero attached hydrogens (tertiary/aromatic N) is 3. The van der Waals surface area contributed by atoms with Gasteiger partial charge in [0.2, 0.25) is 0 Å². The molecule has 0 radical (unpaired) electrons. The van der Waals surface area contributed by atoms with E-state index in [9.17, 15) is 18.5 Å². The number of nitrogen functional groups attached to an aromatic ring is 1. The molecule has 0 amide bonds. The number of benzene rings is 1. The molecule has 2 aromatic rings. The van der Waals surface area contributed by atoms with Crippen LogP contribution in [0.1, 0.15) is 0 Å². The molecule has 1 aromatic carbocycles. The molecule has 0 spiro atoms. The zero-order valence-electron chi connectivity index (χ0n) is 10.3. The number of sulfonamides is 1. The van der Waals surface area contributed by atoms with E-state index in [1.54, 1.807) is 7.05 Å². The largest absolute Gasteiger partial charge is 0.397 e. The summed E-state index contributed by atoms with van der Waals surface area (Å²) in [4.78, 5) is 9.70. The van der Waals surface area contributed by atoms with Crippen LogP contribution in [0.5, 0.6) is 0 Å². The summed E-state index contributed by atoms with van der Waals surface area (Å²) in [5.74, 6) is 0.253. The normalized spacial score (nSPS) is 11.2. The van der Waals surface area contributed by atoms with E-state index in [0.717, 1.165) is 18.2 Å². The second-order valence-electron chi connectivity index (χ2n) is 3.92. The van der Waals surface area contributed by atoms with E-state index in [1.807, 2.05) is 0 Å². The summed E-state index contributed by atoms with van der Waals surface area (Å²) in [5.41, 5.74) is 5.09. The van der Waals surface area contributed by atoms with Gasteiger partial charge < -0.3 is 5.73 Å². The zero-order chi connectivity index (χ0) is 14.9. The van der Waals surface area contributed by atoms with Gasteiger partial charge in [-0.3, -0.25) is 19.5 Å². The minimum absolute atomic E-state index is 0.200. The zero-order valence-corrected chi connectivity index (χ0v) is 11.2. The quantitative estimate of drug-likeness (QED) is 0.485. The Bertz CT molecular complexity index is 768. The molecule has 0 saturated heterocycles. The number of rotatable bonds is 4. The van der Waals surface area contributed by atoms with Crippen molar-refractivity contribution in [3.05, 3.63) is 40.6 Å². The molecule has 0 unspecified atom stereocenters. The lowest BCUT2D eigenvalue weighted by Gasteiger charge is -2.09. The van der Waals surface area contributed by atoms with E-state index in [-0.39, 0.29) is 22.1 Å². The standard InChI is InChI=1S/C10H11N5O4S/c1-14-10(4-5-12-14)13-20(18,19)9-3-2-7(15(16)17)6-8(9)11/h2-6,13H,11H2,1H3. The van der Waals surface area contributed by atoms with Crippen molar-refractivity contribution in [3.8, 4) is 0 Å². The first-order valence-electron chi connectivity index (χ1n) is 5.36. The molecule has 0 atom stereocenters. The molecule has 3 N–H and O–H groups in total. The minimum Gasteiger partial charge on any atom is -0.397 e. The lowest BCUT2D eigenvalue weighted by atomic mass is 10.3. The van der Waals surface area contributed by atoms with E-state index in [4.69, 9.17) is 5.73 Å². The Morgan fingerprint density at radius 2 is 2.10 bits per heavy atom. The number of aromatic nitrogens is 2. The van der Waals surface area contributed by atoms with Crippen LogP contribution in [0.3, 0.4) is 0 Å². The first-order chi connectivity index (χ1) is 9.31. The third-order valence-electron chi connectivity index (χ3n) is 2.55. The predicted molar refractivity (Wildman–Crippen MR) is 71.5 cm³/mol. The third kappa shape index (κ3) is 2.54. The molecule has 2 rings (SSSR count). The van der Waals surface area contributed by atoms with Gasteiger partial charge in [-0.15, -0.1) is 0 Å². The molecule has 0 fully saturated rings. The molecule has 10 heteroatoms. The highest BCUT2D eigenvalue weighted by Gasteiger charge is 2.21. The molecule has 0 aliphatic rings. The minimum atomic E-state index is -3.94. The average molecular weight is 297 g/mol. The van der Waals surface area contributed by atoms with Crippen LogP contribution in [0.15, 0.2) is 35.4 Å². The van der Waals surface area contributed by atoms with Crippen LogP contribution in [0.2, 0.25) is 0 Å². The second-order valence-corrected chi connectivity index (χ2v) is 5.58. The van der Waals surface area contributed by atoms with Gasteiger partial charge in [0.25, 0.3) is 15.7 Å². The summed E-state index contributed by atoms with van der Waals surface area (Å²) in [5, 5.41) is 14.4. The molecule has 20 heavy (non-hydrogen) atoms. The third-order valence-corrected chi connectivity index (χ3v) is 3.98. The molecule has 0 aliphatic heterocycles. The molecule has 1 heterocycles. The van der Waals surface area contributed by atoms with Gasteiger partial charge in [0.05, 0.1) is 16.8 Å². The Labute approximate surface area is 114 Å². The average Bonchev–Trinajstić information content (AvgIpc) is 2.73. The maximum atomic E-state index is 12.2. The Morgan fingerprint density at radius 3 is 2.60 bits per heavy atom. The Morgan fingerprint density at radius 1 is 1.40 bits per heavy atom. The van der Waals surface area contributed by atoms with Crippen molar-refractivity contribution < 1.29 is 13.3 Å². The number of aryl methyl sites for hydroxylation is 1. The van der Waals surface area contributed by atoms with Crippen LogP contribution >= 0.6 is 0 Å². The van der Waals surface area contributed by atoms with Gasteiger partial charge in [-0.1, -0.05) is 0 Å². The number of nitrogens with two attached hydrogens (primary N) is 1. The van der Waals surface area contributed by atoms with Gasteiger partial charge in [-0.05, 0) is 6.07 Å². The van der Waals surface area contributed by atoms with E-state index >= 15 is 0 Å². The summed E-state index contributed by atoms with van der Waals surface area (Å²) in [6.07, 6.45) is 1.43. The highest BCUT2D eigenvalue weighted by molar-refractivity contribution is 7.92. The fourth-order valence-corrected chi connectivity index (χ4v) is 2.76. The number of nitro benzene ring substituents is 1. The van der Waals surface area contributed by atoms with Gasteiger partial charge in [-0.2, -0.15) is 5.10 Å². The van der Waals surface area contributed by atoms with Crippen LogP contribution in [-0.2, 0) is 17.1 Å². The van der Waals surface area contributed by atoms with E-state index in [2.05, 4.69) is 9.82 Å². The number of non-ortho nitro benzene ring substituents is 1. The van der Waals surface area contributed by atoms with Crippen LogP contribution in [0, 0.1) is 10.1 Å². The van der Waals surface area contributed by atoms with Crippen molar-refractivity contribution in [2.45, 2.75) is 4.90 Å².